The number of aryl methyl sites for hydroxylation is 1. The molecule has 2 heterocycles. The molecule has 0 unspecified atom stereocenters. The van der Waals surface area contributed by atoms with Gasteiger partial charge in [0.1, 0.15) is 17.0 Å². The zero-order valence-electron chi connectivity index (χ0n) is 23.3. The zero-order valence-corrected chi connectivity index (χ0v) is 23.3. The molecule has 38 heavy (non-hydrogen) atoms. The summed E-state index contributed by atoms with van der Waals surface area (Å²) in [6.45, 7) is 13.8. The number of rotatable bonds is 6. The van der Waals surface area contributed by atoms with Gasteiger partial charge in [-0.3, -0.25) is 4.90 Å². The summed E-state index contributed by atoms with van der Waals surface area (Å²) in [7, 11) is 0. The molecule has 1 saturated heterocycles. The molecule has 0 aliphatic carbocycles. The number of hydrogen-bond acceptors (Lipinski definition) is 6. The predicted octanol–water partition coefficient (Wildman–Crippen LogP) is 6.42. The van der Waals surface area contributed by atoms with Crippen LogP contribution in [0.15, 0.2) is 47.6 Å². The van der Waals surface area contributed by atoms with E-state index in [0.29, 0.717) is 25.3 Å². The van der Waals surface area contributed by atoms with Gasteiger partial charge in [-0.2, -0.15) is 0 Å². The maximum absolute atomic E-state index is 13.3. The lowest BCUT2D eigenvalue weighted by Crippen LogP contribution is -2.37. The van der Waals surface area contributed by atoms with Gasteiger partial charge in [0, 0.05) is 23.7 Å². The van der Waals surface area contributed by atoms with Crippen molar-refractivity contribution in [3.63, 3.8) is 0 Å². The number of amides is 2. The highest BCUT2D eigenvalue weighted by Crippen LogP contribution is 2.28. The van der Waals surface area contributed by atoms with Crippen LogP contribution in [0.25, 0.3) is 10.4 Å². The van der Waals surface area contributed by atoms with E-state index in [4.69, 9.17) is 20.0 Å². The van der Waals surface area contributed by atoms with Crippen LogP contribution >= 0.6 is 0 Å². The topological polar surface area (TPSA) is 121 Å². The number of pyridine rings is 1. The number of likely N-dealkylation sites (tertiary alicyclic amines) is 1. The first-order chi connectivity index (χ1) is 17.7. The molecule has 1 aliphatic heterocycles. The third kappa shape index (κ3) is 8.38. The van der Waals surface area contributed by atoms with E-state index in [2.05, 4.69) is 10.0 Å². The van der Waals surface area contributed by atoms with E-state index >= 15 is 0 Å². The Morgan fingerprint density at radius 3 is 2.34 bits per heavy atom. The molecule has 0 saturated carbocycles. The fourth-order valence-electron chi connectivity index (χ4n) is 4.28. The van der Waals surface area contributed by atoms with Crippen molar-refractivity contribution >= 4 is 18.0 Å². The third-order valence-corrected chi connectivity index (χ3v) is 5.81. The summed E-state index contributed by atoms with van der Waals surface area (Å²) in [4.78, 5) is 36.8. The minimum atomic E-state index is -0.670. The lowest BCUT2D eigenvalue weighted by molar-refractivity contribution is 0.0286. The Morgan fingerprint density at radius 1 is 1.08 bits per heavy atom. The smallest absolute Gasteiger partial charge is 0.416 e. The standard InChI is InChI=1S/C28H38N6O4/c1-19-13-22(15-21-17-33(18-23(21)31-32-29)25(35)37-27(2,3)4)30-24(14-19)34(26(36)38-28(5,6)7)16-20-11-9-8-10-12-20/h8-14,21,23H,15-18H2,1-7H3/t21-,23-/m0/s1. The van der Waals surface area contributed by atoms with E-state index in [1.807, 2.05) is 90.9 Å². The third-order valence-electron chi connectivity index (χ3n) is 5.81. The maximum Gasteiger partial charge on any atom is 0.416 e. The molecule has 10 nitrogen and oxygen atoms in total. The Bertz CT molecular complexity index is 1180. The first-order valence-corrected chi connectivity index (χ1v) is 12.8. The summed E-state index contributed by atoms with van der Waals surface area (Å²) < 4.78 is 11.2. The molecule has 204 valence electrons. The van der Waals surface area contributed by atoms with Crippen molar-refractivity contribution < 1.29 is 19.1 Å². The number of ether oxygens (including phenoxy) is 2. The Labute approximate surface area is 224 Å². The monoisotopic (exact) mass is 522 g/mol. The van der Waals surface area contributed by atoms with E-state index < -0.39 is 29.4 Å². The molecule has 2 amide bonds. The van der Waals surface area contributed by atoms with Gasteiger partial charge in [-0.15, -0.1) is 0 Å². The second kappa shape index (κ2) is 11.7. The van der Waals surface area contributed by atoms with Crippen molar-refractivity contribution in [2.75, 3.05) is 18.0 Å². The number of carbonyl (C=O) groups excluding carboxylic acids is 2. The van der Waals surface area contributed by atoms with E-state index in [1.54, 1.807) is 4.90 Å². The summed E-state index contributed by atoms with van der Waals surface area (Å²) in [5, 5.41) is 3.95. The second-order valence-electron chi connectivity index (χ2n) is 11.7. The van der Waals surface area contributed by atoms with Crippen molar-refractivity contribution in [1.82, 2.24) is 9.88 Å². The van der Waals surface area contributed by atoms with Crippen LogP contribution in [0.3, 0.4) is 0 Å². The molecule has 0 bridgehead atoms. The number of carbonyl (C=O) groups is 2. The lowest BCUT2D eigenvalue weighted by Gasteiger charge is -2.27. The largest absolute Gasteiger partial charge is 0.444 e. The van der Waals surface area contributed by atoms with Gasteiger partial charge >= 0.3 is 12.2 Å². The van der Waals surface area contributed by atoms with Gasteiger partial charge < -0.3 is 14.4 Å². The zero-order chi connectivity index (χ0) is 28.1. The number of aromatic nitrogens is 1. The van der Waals surface area contributed by atoms with E-state index in [0.717, 1.165) is 16.8 Å². The number of benzene rings is 1. The molecule has 1 aromatic heterocycles. The Hall–Kier alpha value is -3.78. The molecule has 1 fully saturated rings. The van der Waals surface area contributed by atoms with Crippen LogP contribution in [0.2, 0.25) is 0 Å². The molecule has 0 spiro atoms. The fourth-order valence-corrected chi connectivity index (χ4v) is 4.28. The Balaban J connectivity index is 1.88. The molecular formula is C28H38N6O4. The van der Waals surface area contributed by atoms with E-state index in [1.165, 1.54) is 4.90 Å². The van der Waals surface area contributed by atoms with Gasteiger partial charge in [-0.1, -0.05) is 35.4 Å². The fraction of sp³-hybridized carbons (Fsp3) is 0.536. The van der Waals surface area contributed by atoms with Crippen LogP contribution in [0.4, 0.5) is 15.4 Å². The normalized spacial score (nSPS) is 17.5. The number of nitrogens with zero attached hydrogens (tertiary/aromatic N) is 6. The van der Waals surface area contributed by atoms with Crippen molar-refractivity contribution in [2.24, 2.45) is 11.0 Å². The molecule has 1 aromatic carbocycles. The molecule has 2 atom stereocenters. The minimum absolute atomic E-state index is 0.148. The summed E-state index contributed by atoms with van der Waals surface area (Å²) in [6, 6.07) is 13.0. The van der Waals surface area contributed by atoms with E-state index in [-0.39, 0.29) is 12.5 Å². The summed E-state index contributed by atoms with van der Waals surface area (Å²) in [6.07, 6.45) is -0.463. The molecule has 10 heteroatoms. The highest BCUT2D eigenvalue weighted by atomic mass is 16.6. The van der Waals surface area contributed by atoms with Crippen LogP contribution in [0.5, 0.6) is 0 Å². The molecule has 0 radical (unpaired) electrons. The molecular weight excluding hydrogens is 484 g/mol. The predicted molar refractivity (Wildman–Crippen MR) is 146 cm³/mol. The van der Waals surface area contributed by atoms with Crippen LogP contribution < -0.4 is 4.90 Å². The Morgan fingerprint density at radius 2 is 1.74 bits per heavy atom. The summed E-state index contributed by atoms with van der Waals surface area (Å²) in [5.74, 6) is 0.324. The lowest BCUT2D eigenvalue weighted by atomic mass is 9.97. The van der Waals surface area contributed by atoms with Gasteiger partial charge in [0.05, 0.1) is 12.6 Å². The molecule has 1 aliphatic rings. The molecule has 0 N–H and O–H groups in total. The summed E-state index contributed by atoms with van der Waals surface area (Å²) in [5.41, 5.74) is 10.4. The van der Waals surface area contributed by atoms with Gasteiger partial charge in [0.15, 0.2) is 0 Å². The summed E-state index contributed by atoms with van der Waals surface area (Å²) >= 11 is 0. The highest BCUT2D eigenvalue weighted by Gasteiger charge is 2.37. The van der Waals surface area contributed by atoms with Crippen LogP contribution in [0, 0.1) is 12.8 Å². The van der Waals surface area contributed by atoms with Gasteiger partial charge in [0.2, 0.25) is 0 Å². The first kappa shape index (κ1) is 28.8. The van der Waals surface area contributed by atoms with Gasteiger partial charge in [-0.25, -0.2) is 14.6 Å². The Kier molecular flexibility index (Phi) is 8.89. The average molecular weight is 523 g/mol. The highest BCUT2D eigenvalue weighted by molar-refractivity contribution is 5.86. The van der Waals surface area contributed by atoms with Gasteiger partial charge in [-0.05, 0) is 89.6 Å². The van der Waals surface area contributed by atoms with Crippen LogP contribution in [-0.2, 0) is 22.4 Å². The quantitative estimate of drug-likeness (QED) is 0.246. The van der Waals surface area contributed by atoms with Crippen LogP contribution in [0.1, 0.15) is 58.4 Å². The first-order valence-electron chi connectivity index (χ1n) is 12.8. The molecule has 3 rings (SSSR count). The van der Waals surface area contributed by atoms with Crippen LogP contribution in [-0.4, -0.2) is 52.4 Å². The maximum atomic E-state index is 13.3. The second-order valence-corrected chi connectivity index (χ2v) is 11.7. The number of azide groups is 1. The molecule has 2 aromatic rings. The van der Waals surface area contributed by atoms with Crippen molar-refractivity contribution in [3.05, 3.63) is 69.7 Å². The van der Waals surface area contributed by atoms with Crippen molar-refractivity contribution in [2.45, 2.75) is 78.7 Å². The number of anilines is 1. The number of hydrogen-bond donors (Lipinski definition) is 0. The van der Waals surface area contributed by atoms with Gasteiger partial charge in [0.25, 0.3) is 0 Å². The average Bonchev–Trinajstić information content (AvgIpc) is 3.18. The minimum Gasteiger partial charge on any atom is -0.444 e. The van der Waals surface area contributed by atoms with Crippen molar-refractivity contribution in [1.29, 1.82) is 0 Å². The van der Waals surface area contributed by atoms with E-state index in [9.17, 15) is 9.59 Å². The SMILES string of the molecule is Cc1cc(C[C@H]2CN(C(=O)OC(C)(C)C)C[C@@H]2N=[N+]=[N-])nc(N(Cc2ccccc2)C(=O)OC(C)(C)C)c1. The van der Waals surface area contributed by atoms with Crippen molar-refractivity contribution in [3.8, 4) is 0 Å².